The lowest BCUT2D eigenvalue weighted by atomic mass is 10.1. The van der Waals surface area contributed by atoms with Crippen molar-refractivity contribution in [1.29, 1.82) is 0 Å². The molecule has 0 saturated heterocycles. The van der Waals surface area contributed by atoms with Gasteiger partial charge in [0.25, 0.3) is 5.91 Å². The van der Waals surface area contributed by atoms with Crippen molar-refractivity contribution >= 4 is 39.4 Å². The van der Waals surface area contributed by atoms with Crippen LogP contribution in [0, 0.1) is 0 Å². The number of carboxylic acids is 1. The van der Waals surface area contributed by atoms with E-state index in [1.54, 1.807) is 30.3 Å². The van der Waals surface area contributed by atoms with Crippen molar-refractivity contribution in [2.45, 2.75) is 6.54 Å². The molecule has 0 radical (unpaired) electrons. The minimum absolute atomic E-state index is 0.186. The molecule has 0 fully saturated rings. The molecule has 0 aromatic heterocycles. The second kappa shape index (κ2) is 6.74. The van der Waals surface area contributed by atoms with E-state index in [1.807, 2.05) is 0 Å². The molecule has 0 aliphatic rings. The number of carbonyl (C=O) groups excluding carboxylic acids is 1. The van der Waals surface area contributed by atoms with Crippen LogP contribution < -0.4 is 5.32 Å². The first kappa shape index (κ1) is 15.5. The van der Waals surface area contributed by atoms with Crippen LogP contribution in [0.15, 0.2) is 46.9 Å². The number of hydrogen-bond acceptors (Lipinski definition) is 2. The first-order valence-corrected chi connectivity index (χ1v) is 7.20. The number of halogens is 2. The van der Waals surface area contributed by atoms with Gasteiger partial charge in [-0.15, -0.1) is 0 Å². The summed E-state index contributed by atoms with van der Waals surface area (Å²) in [4.78, 5) is 23.0. The highest BCUT2D eigenvalue weighted by atomic mass is 79.9. The highest BCUT2D eigenvalue weighted by Crippen LogP contribution is 2.21. The van der Waals surface area contributed by atoms with Crippen molar-refractivity contribution in [2.24, 2.45) is 0 Å². The third kappa shape index (κ3) is 4.06. The van der Waals surface area contributed by atoms with E-state index in [-0.39, 0.29) is 18.0 Å². The van der Waals surface area contributed by atoms with E-state index in [1.165, 1.54) is 12.1 Å². The molecule has 0 heterocycles. The highest BCUT2D eigenvalue weighted by Gasteiger charge is 2.11. The Morgan fingerprint density at radius 3 is 2.67 bits per heavy atom. The predicted molar refractivity (Wildman–Crippen MR) is 83.7 cm³/mol. The van der Waals surface area contributed by atoms with Gasteiger partial charge in [-0.2, -0.15) is 0 Å². The second-order valence-electron chi connectivity index (χ2n) is 4.31. The van der Waals surface area contributed by atoms with Gasteiger partial charge < -0.3 is 10.4 Å². The third-order valence-electron chi connectivity index (χ3n) is 2.80. The number of rotatable bonds is 4. The van der Waals surface area contributed by atoms with Crippen molar-refractivity contribution in [3.05, 3.63) is 68.7 Å². The lowest BCUT2D eigenvalue weighted by Gasteiger charge is -2.08. The van der Waals surface area contributed by atoms with Crippen molar-refractivity contribution < 1.29 is 14.7 Å². The summed E-state index contributed by atoms with van der Waals surface area (Å²) in [5.74, 6) is -1.29. The first-order chi connectivity index (χ1) is 9.97. The average molecular weight is 369 g/mol. The molecule has 0 bridgehead atoms. The minimum Gasteiger partial charge on any atom is -0.478 e. The van der Waals surface area contributed by atoms with Crippen LogP contribution in [0.5, 0.6) is 0 Å². The van der Waals surface area contributed by atoms with Gasteiger partial charge in [-0.1, -0.05) is 23.7 Å². The summed E-state index contributed by atoms with van der Waals surface area (Å²) in [6.07, 6.45) is 0. The number of carbonyl (C=O) groups is 2. The molecule has 0 aliphatic heterocycles. The Morgan fingerprint density at radius 1 is 1.19 bits per heavy atom. The number of aromatic carboxylic acids is 1. The van der Waals surface area contributed by atoms with Crippen molar-refractivity contribution in [3.8, 4) is 0 Å². The van der Waals surface area contributed by atoms with Gasteiger partial charge in [-0.3, -0.25) is 4.79 Å². The topological polar surface area (TPSA) is 66.4 Å². The van der Waals surface area contributed by atoms with Gasteiger partial charge in [-0.05, 0) is 51.8 Å². The zero-order valence-corrected chi connectivity index (χ0v) is 13.1. The number of hydrogen-bond donors (Lipinski definition) is 2. The molecule has 21 heavy (non-hydrogen) atoms. The maximum atomic E-state index is 12.1. The Hall–Kier alpha value is -1.85. The molecule has 6 heteroatoms. The first-order valence-electron chi connectivity index (χ1n) is 6.03. The van der Waals surface area contributed by atoms with E-state index in [9.17, 15) is 9.59 Å². The number of amides is 1. The van der Waals surface area contributed by atoms with Crippen molar-refractivity contribution in [1.82, 2.24) is 5.32 Å². The minimum atomic E-state index is -0.999. The summed E-state index contributed by atoms with van der Waals surface area (Å²) in [5, 5.41) is 12.1. The largest absolute Gasteiger partial charge is 0.478 e. The fraction of sp³-hybridized carbons (Fsp3) is 0.0667. The summed E-state index contributed by atoms with van der Waals surface area (Å²) in [6, 6.07) is 11.4. The Labute approximate surface area is 134 Å². The molecule has 0 unspecified atom stereocenters. The summed E-state index contributed by atoms with van der Waals surface area (Å²) < 4.78 is 0.642. The van der Waals surface area contributed by atoms with Crippen LogP contribution >= 0.6 is 27.5 Å². The molecule has 0 atom stereocenters. The third-order valence-corrected chi connectivity index (χ3v) is 3.73. The molecular formula is C15H11BrClNO3. The SMILES string of the molecule is O=C(O)c1cccc(CNC(=O)c2cc(Cl)ccc2Br)c1. The average Bonchev–Trinajstić information content (AvgIpc) is 2.47. The zero-order valence-electron chi connectivity index (χ0n) is 10.8. The highest BCUT2D eigenvalue weighted by molar-refractivity contribution is 9.10. The van der Waals surface area contributed by atoms with Gasteiger partial charge in [-0.25, -0.2) is 4.79 Å². The van der Waals surface area contributed by atoms with Gasteiger partial charge in [0.05, 0.1) is 11.1 Å². The van der Waals surface area contributed by atoms with Crippen LogP contribution in [0.1, 0.15) is 26.3 Å². The van der Waals surface area contributed by atoms with Gasteiger partial charge in [0, 0.05) is 16.0 Å². The van der Waals surface area contributed by atoms with E-state index in [0.29, 0.717) is 20.6 Å². The molecule has 108 valence electrons. The van der Waals surface area contributed by atoms with E-state index in [2.05, 4.69) is 21.2 Å². The molecule has 2 rings (SSSR count). The van der Waals surface area contributed by atoms with Crippen LogP contribution in [-0.2, 0) is 6.54 Å². The molecule has 2 aromatic carbocycles. The van der Waals surface area contributed by atoms with E-state index in [0.717, 1.165) is 0 Å². The molecule has 2 N–H and O–H groups in total. The van der Waals surface area contributed by atoms with Crippen molar-refractivity contribution in [3.63, 3.8) is 0 Å². The lowest BCUT2D eigenvalue weighted by molar-refractivity contribution is 0.0696. The molecular weight excluding hydrogens is 358 g/mol. The Bertz CT molecular complexity index is 703. The fourth-order valence-corrected chi connectivity index (χ4v) is 2.36. The van der Waals surface area contributed by atoms with E-state index in [4.69, 9.17) is 16.7 Å². The van der Waals surface area contributed by atoms with Crippen LogP contribution in [0.2, 0.25) is 5.02 Å². The standard InChI is InChI=1S/C15H11BrClNO3/c16-13-5-4-11(17)7-12(13)14(19)18-8-9-2-1-3-10(6-9)15(20)21/h1-7H,8H2,(H,18,19)(H,20,21). The smallest absolute Gasteiger partial charge is 0.335 e. The fourth-order valence-electron chi connectivity index (χ4n) is 1.76. The van der Waals surface area contributed by atoms with Gasteiger partial charge in [0.1, 0.15) is 0 Å². The molecule has 4 nitrogen and oxygen atoms in total. The van der Waals surface area contributed by atoms with E-state index >= 15 is 0 Å². The van der Waals surface area contributed by atoms with E-state index < -0.39 is 5.97 Å². The summed E-state index contributed by atoms with van der Waals surface area (Å²) in [6.45, 7) is 0.235. The van der Waals surface area contributed by atoms with Gasteiger partial charge in [0.2, 0.25) is 0 Å². The second-order valence-corrected chi connectivity index (χ2v) is 5.60. The molecule has 2 aromatic rings. The maximum Gasteiger partial charge on any atom is 0.335 e. The Balaban J connectivity index is 2.09. The normalized spacial score (nSPS) is 10.2. The number of benzene rings is 2. The molecule has 0 aliphatic carbocycles. The van der Waals surface area contributed by atoms with Crippen LogP contribution in [-0.4, -0.2) is 17.0 Å². The number of carboxylic acid groups (broad SMARTS) is 1. The van der Waals surface area contributed by atoms with Gasteiger partial charge in [0.15, 0.2) is 0 Å². The molecule has 0 spiro atoms. The number of nitrogens with one attached hydrogen (secondary N) is 1. The predicted octanol–water partition coefficient (Wildman–Crippen LogP) is 3.73. The lowest BCUT2D eigenvalue weighted by Crippen LogP contribution is -2.23. The molecule has 0 saturated carbocycles. The summed E-state index contributed by atoms with van der Waals surface area (Å²) in [7, 11) is 0. The Morgan fingerprint density at radius 2 is 1.95 bits per heavy atom. The van der Waals surface area contributed by atoms with Crippen LogP contribution in [0.4, 0.5) is 0 Å². The molecule has 1 amide bonds. The van der Waals surface area contributed by atoms with Crippen molar-refractivity contribution in [2.75, 3.05) is 0 Å². The quantitative estimate of drug-likeness (QED) is 0.864. The summed E-state index contributed by atoms with van der Waals surface area (Å²) >= 11 is 9.16. The van der Waals surface area contributed by atoms with Gasteiger partial charge >= 0.3 is 5.97 Å². The Kier molecular flexibility index (Phi) is 4.98. The maximum absolute atomic E-state index is 12.1. The zero-order chi connectivity index (χ0) is 15.4. The van der Waals surface area contributed by atoms with Crippen LogP contribution in [0.3, 0.4) is 0 Å². The summed E-state index contributed by atoms with van der Waals surface area (Å²) in [5.41, 5.74) is 1.32. The monoisotopic (exact) mass is 367 g/mol. The van der Waals surface area contributed by atoms with Crippen LogP contribution in [0.25, 0.3) is 0 Å².